The van der Waals surface area contributed by atoms with Crippen LogP contribution in [0.15, 0.2) is 109 Å². The van der Waals surface area contributed by atoms with Crippen LogP contribution >= 0.6 is 0 Å². The van der Waals surface area contributed by atoms with E-state index < -0.39 is 5.97 Å². The number of carboxylic acids is 1. The maximum atomic E-state index is 11.5. The maximum Gasteiger partial charge on any atom is 0.335 e. The van der Waals surface area contributed by atoms with Gasteiger partial charge in [0, 0.05) is 13.1 Å². The van der Waals surface area contributed by atoms with Gasteiger partial charge in [0.05, 0.1) is 5.56 Å². The van der Waals surface area contributed by atoms with Crippen molar-refractivity contribution < 1.29 is 9.90 Å². The summed E-state index contributed by atoms with van der Waals surface area (Å²) in [6, 6.07) is 36.7. The number of benzene rings is 4. The van der Waals surface area contributed by atoms with Gasteiger partial charge in [-0.3, -0.25) is 4.90 Å². The van der Waals surface area contributed by atoms with E-state index in [0.29, 0.717) is 5.56 Å². The molecular weight excluding hydrogens is 406 g/mol. The summed E-state index contributed by atoms with van der Waals surface area (Å²) in [6.07, 6.45) is 2.13. The minimum absolute atomic E-state index is 0.311. The van der Waals surface area contributed by atoms with Crippen LogP contribution < -0.4 is 0 Å². The van der Waals surface area contributed by atoms with E-state index in [0.717, 1.165) is 43.6 Å². The Hall–Kier alpha value is -3.69. The van der Waals surface area contributed by atoms with Gasteiger partial charge in [-0.2, -0.15) is 0 Å². The van der Waals surface area contributed by atoms with Crippen molar-refractivity contribution >= 4 is 5.97 Å². The second-order valence-electron chi connectivity index (χ2n) is 8.33. The van der Waals surface area contributed by atoms with Crippen LogP contribution in [0.5, 0.6) is 0 Å². The molecule has 0 radical (unpaired) electrons. The molecule has 0 spiro atoms. The molecule has 0 aliphatic carbocycles. The molecule has 0 fully saturated rings. The molecule has 1 N–H and O–H groups in total. The van der Waals surface area contributed by atoms with Crippen molar-refractivity contribution in [2.45, 2.75) is 25.9 Å². The monoisotopic (exact) mass is 435 g/mol. The zero-order valence-corrected chi connectivity index (χ0v) is 18.7. The molecule has 0 bridgehead atoms. The summed E-state index contributed by atoms with van der Waals surface area (Å²) >= 11 is 0. The van der Waals surface area contributed by atoms with E-state index in [4.69, 9.17) is 0 Å². The van der Waals surface area contributed by atoms with Crippen LogP contribution in [0.1, 0.15) is 33.5 Å². The first-order chi connectivity index (χ1) is 16.2. The number of hydrogen-bond acceptors (Lipinski definition) is 2. The highest BCUT2D eigenvalue weighted by molar-refractivity contribution is 5.89. The Bertz CT molecular complexity index is 1170. The van der Waals surface area contributed by atoms with E-state index >= 15 is 0 Å². The summed E-state index contributed by atoms with van der Waals surface area (Å²) in [6.45, 7) is 2.66. The standard InChI is InChI=1S/C30H29NO2/c32-30(33)27-18-9-17-26(21-27)29-19-8-7-16-28(29)23-31(22-25-13-5-2-6-14-25)20-10-15-24-11-3-1-4-12-24/h1-9,11-14,16-19,21H,10,15,20,22-23H2,(H,32,33). The normalized spacial score (nSPS) is 10.9. The average Bonchev–Trinajstić information content (AvgIpc) is 2.86. The molecule has 0 aliphatic heterocycles. The molecule has 0 heterocycles. The van der Waals surface area contributed by atoms with Gasteiger partial charge in [-0.15, -0.1) is 0 Å². The van der Waals surface area contributed by atoms with Crippen molar-refractivity contribution in [2.24, 2.45) is 0 Å². The predicted octanol–water partition coefficient (Wildman–Crippen LogP) is 6.69. The summed E-state index contributed by atoms with van der Waals surface area (Å²) in [5.74, 6) is -0.902. The fourth-order valence-electron chi connectivity index (χ4n) is 4.21. The van der Waals surface area contributed by atoms with Gasteiger partial charge in [-0.1, -0.05) is 97.1 Å². The highest BCUT2D eigenvalue weighted by Crippen LogP contribution is 2.26. The highest BCUT2D eigenvalue weighted by atomic mass is 16.4. The Morgan fingerprint density at radius 2 is 1.36 bits per heavy atom. The molecule has 0 unspecified atom stereocenters. The second-order valence-corrected chi connectivity index (χ2v) is 8.33. The molecule has 0 atom stereocenters. The lowest BCUT2D eigenvalue weighted by Crippen LogP contribution is -2.24. The van der Waals surface area contributed by atoms with Gasteiger partial charge in [0.15, 0.2) is 0 Å². The Morgan fingerprint density at radius 1 is 0.697 bits per heavy atom. The van der Waals surface area contributed by atoms with Crippen molar-refractivity contribution in [3.63, 3.8) is 0 Å². The number of carbonyl (C=O) groups is 1. The van der Waals surface area contributed by atoms with Gasteiger partial charge >= 0.3 is 5.97 Å². The third-order valence-electron chi connectivity index (χ3n) is 5.86. The summed E-state index contributed by atoms with van der Waals surface area (Å²) < 4.78 is 0. The lowest BCUT2D eigenvalue weighted by Gasteiger charge is -2.24. The van der Waals surface area contributed by atoms with Crippen LogP contribution in [-0.4, -0.2) is 22.5 Å². The zero-order chi connectivity index (χ0) is 22.9. The molecule has 0 amide bonds. The van der Waals surface area contributed by atoms with E-state index in [9.17, 15) is 9.90 Å². The fourth-order valence-corrected chi connectivity index (χ4v) is 4.21. The summed E-state index contributed by atoms with van der Waals surface area (Å²) in [7, 11) is 0. The molecule has 3 nitrogen and oxygen atoms in total. The van der Waals surface area contributed by atoms with E-state index in [1.54, 1.807) is 12.1 Å². The number of aromatic carboxylic acids is 1. The van der Waals surface area contributed by atoms with Gasteiger partial charge in [-0.05, 0) is 59.3 Å². The Kier molecular flexibility index (Phi) is 7.68. The highest BCUT2D eigenvalue weighted by Gasteiger charge is 2.13. The van der Waals surface area contributed by atoms with E-state index in [-0.39, 0.29) is 0 Å². The van der Waals surface area contributed by atoms with Crippen LogP contribution in [0.3, 0.4) is 0 Å². The van der Waals surface area contributed by atoms with Crippen LogP contribution in [0.25, 0.3) is 11.1 Å². The van der Waals surface area contributed by atoms with Gasteiger partial charge in [0.1, 0.15) is 0 Å². The van der Waals surface area contributed by atoms with E-state index in [1.807, 2.05) is 24.3 Å². The molecule has 4 aromatic carbocycles. The quantitative estimate of drug-likeness (QED) is 0.302. The molecule has 4 aromatic rings. The Balaban J connectivity index is 1.55. The molecule has 166 valence electrons. The van der Waals surface area contributed by atoms with E-state index in [2.05, 4.69) is 77.7 Å². The Labute approximate surface area is 196 Å². The van der Waals surface area contributed by atoms with Crippen molar-refractivity contribution in [2.75, 3.05) is 6.54 Å². The van der Waals surface area contributed by atoms with Gasteiger partial charge in [0.25, 0.3) is 0 Å². The third-order valence-corrected chi connectivity index (χ3v) is 5.86. The number of rotatable bonds is 10. The third kappa shape index (κ3) is 6.41. The van der Waals surface area contributed by atoms with Crippen LogP contribution in [0.4, 0.5) is 0 Å². The summed E-state index contributed by atoms with van der Waals surface area (Å²) in [5.41, 5.74) is 6.20. The minimum Gasteiger partial charge on any atom is -0.478 e. The average molecular weight is 436 g/mol. The number of hydrogen-bond donors (Lipinski definition) is 1. The maximum absolute atomic E-state index is 11.5. The Morgan fingerprint density at radius 3 is 2.09 bits per heavy atom. The van der Waals surface area contributed by atoms with Crippen molar-refractivity contribution in [3.8, 4) is 11.1 Å². The predicted molar refractivity (Wildman–Crippen MR) is 134 cm³/mol. The van der Waals surface area contributed by atoms with Gasteiger partial charge in [0.2, 0.25) is 0 Å². The molecule has 33 heavy (non-hydrogen) atoms. The molecule has 0 aromatic heterocycles. The first-order valence-electron chi connectivity index (χ1n) is 11.4. The molecule has 0 saturated heterocycles. The molecule has 4 rings (SSSR count). The van der Waals surface area contributed by atoms with Crippen molar-refractivity contribution in [1.29, 1.82) is 0 Å². The largest absolute Gasteiger partial charge is 0.478 e. The molecule has 3 heteroatoms. The minimum atomic E-state index is -0.902. The number of nitrogens with zero attached hydrogens (tertiary/aromatic N) is 1. The molecular formula is C30H29NO2. The first kappa shape index (κ1) is 22.5. The lowest BCUT2D eigenvalue weighted by atomic mass is 9.97. The van der Waals surface area contributed by atoms with Crippen LogP contribution in [0, 0.1) is 0 Å². The molecule has 0 aliphatic rings. The topological polar surface area (TPSA) is 40.5 Å². The number of aryl methyl sites for hydroxylation is 1. The number of carboxylic acid groups (broad SMARTS) is 1. The van der Waals surface area contributed by atoms with Crippen LogP contribution in [-0.2, 0) is 19.5 Å². The van der Waals surface area contributed by atoms with Crippen molar-refractivity contribution in [1.82, 2.24) is 4.90 Å². The van der Waals surface area contributed by atoms with Gasteiger partial charge < -0.3 is 5.11 Å². The summed E-state index contributed by atoms with van der Waals surface area (Å²) in [4.78, 5) is 14.0. The van der Waals surface area contributed by atoms with E-state index in [1.165, 1.54) is 16.7 Å². The van der Waals surface area contributed by atoms with Crippen molar-refractivity contribution in [3.05, 3.63) is 131 Å². The fraction of sp³-hybridized carbons (Fsp3) is 0.167. The van der Waals surface area contributed by atoms with Crippen LogP contribution in [0.2, 0.25) is 0 Å². The lowest BCUT2D eigenvalue weighted by molar-refractivity contribution is 0.0697. The van der Waals surface area contributed by atoms with Gasteiger partial charge in [-0.25, -0.2) is 4.79 Å². The molecule has 0 saturated carbocycles. The summed E-state index contributed by atoms with van der Waals surface area (Å²) in [5, 5.41) is 9.42. The first-order valence-corrected chi connectivity index (χ1v) is 11.4. The zero-order valence-electron chi connectivity index (χ0n) is 18.7. The smallest absolute Gasteiger partial charge is 0.335 e. The SMILES string of the molecule is O=C(O)c1cccc(-c2ccccc2CN(CCCc2ccccc2)Cc2ccccc2)c1. The second kappa shape index (κ2) is 11.3.